The van der Waals surface area contributed by atoms with E-state index in [1.807, 2.05) is 0 Å². The van der Waals surface area contributed by atoms with Gasteiger partial charge in [0.25, 0.3) is 0 Å². The lowest BCUT2D eigenvalue weighted by atomic mass is 10.1. The van der Waals surface area contributed by atoms with Gasteiger partial charge in [0.1, 0.15) is 5.82 Å². The van der Waals surface area contributed by atoms with E-state index in [0.717, 1.165) is 6.07 Å². The van der Waals surface area contributed by atoms with Crippen molar-refractivity contribution in [3.05, 3.63) is 34.1 Å². The molecule has 0 aliphatic heterocycles. The fraction of sp³-hybridized carbons (Fsp3) is 0.200. The highest BCUT2D eigenvalue weighted by molar-refractivity contribution is 6.30. The van der Waals surface area contributed by atoms with Crippen molar-refractivity contribution in [3.63, 3.8) is 0 Å². The van der Waals surface area contributed by atoms with Crippen molar-refractivity contribution in [2.24, 2.45) is 0 Å². The Balaban J connectivity index is 3.14. The van der Waals surface area contributed by atoms with E-state index in [-0.39, 0.29) is 22.6 Å². The maximum atomic E-state index is 13.2. The third kappa shape index (κ3) is 2.76. The number of carbonyl (C=O) groups excluding carboxylic acids is 2. The molecule has 0 amide bonds. The molecule has 0 aromatic heterocycles. The SMILES string of the molecule is COC(=O)Cc1cc(Cl)cc(F)c1C=O. The number of methoxy groups -OCH3 is 1. The van der Waals surface area contributed by atoms with Crippen LogP contribution >= 0.6 is 11.6 Å². The number of hydrogen-bond acceptors (Lipinski definition) is 3. The van der Waals surface area contributed by atoms with Crippen molar-refractivity contribution in [2.45, 2.75) is 6.42 Å². The zero-order chi connectivity index (χ0) is 11.4. The molecule has 15 heavy (non-hydrogen) atoms. The molecule has 0 atom stereocenters. The molecule has 1 rings (SSSR count). The smallest absolute Gasteiger partial charge is 0.310 e. The Bertz CT molecular complexity index is 404. The molecule has 0 fully saturated rings. The summed E-state index contributed by atoms with van der Waals surface area (Å²) in [6.07, 6.45) is 0.173. The van der Waals surface area contributed by atoms with E-state index >= 15 is 0 Å². The number of esters is 1. The fourth-order valence-electron chi connectivity index (χ4n) is 1.14. The molecule has 1 aromatic carbocycles. The van der Waals surface area contributed by atoms with Crippen LogP contribution in [0.25, 0.3) is 0 Å². The topological polar surface area (TPSA) is 43.4 Å². The zero-order valence-electron chi connectivity index (χ0n) is 7.92. The van der Waals surface area contributed by atoms with Gasteiger partial charge in [0, 0.05) is 5.02 Å². The first-order valence-electron chi connectivity index (χ1n) is 4.08. The van der Waals surface area contributed by atoms with Crippen LogP contribution in [0, 0.1) is 5.82 Å². The Morgan fingerprint density at radius 2 is 2.27 bits per heavy atom. The van der Waals surface area contributed by atoms with Crippen LogP contribution in [0.1, 0.15) is 15.9 Å². The predicted octanol–water partition coefficient (Wildman–Crippen LogP) is 2.01. The maximum absolute atomic E-state index is 13.2. The van der Waals surface area contributed by atoms with Crippen LogP contribution in [-0.2, 0) is 16.0 Å². The van der Waals surface area contributed by atoms with Crippen molar-refractivity contribution in [1.29, 1.82) is 0 Å². The highest BCUT2D eigenvalue weighted by Crippen LogP contribution is 2.19. The number of ether oxygens (including phenoxy) is 1. The van der Waals surface area contributed by atoms with Crippen molar-refractivity contribution in [1.82, 2.24) is 0 Å². The van der Waals surface area contributed by atoms with Gasteiger partial charge >= 0.3 is 5.97 Å². The van der Waals surface area contributed by atoms with Crippen LogP contribution in [0.4, 0.5) is 4.39 Å². The second-order valence-corrected chi connectivity index (χ2v) is 3.27. The monoisotopic (exact) mass is 230 g/mol. The summed E-state index contributed by atoms with van der Waals surface area (Å²) in [7, 11) is 1.21. The summed E-state index contributed by atoms with van der Waals surface area (Å²) in [6.45, 7) is 0. The van der Waals surface area contributed by atoms with Crippen LogP contribution in [0.2, 0.25) is 5.02 Å². The van der Waals surface area contributed by atoms with Crippen LogP contribution in [0.15, 0.2) is 12.1 Å². The molecule has 0 radical (unpaired) electrons. The third-order valence-corrected chi connectivity index (χ3v) is 2.08. The lowest BCUT2D eigenvalue weighted by Gasteiger charge is -2.05. The van der Waals surface area contributed by atoms with E-state index in [4.69, 9.17) is 11.6 Å². The second kappa shape index (κ2) is 4.89. The molecule has 0 unspecified atom stereocenters. The van der Waals surface area contributed by atoms with E-state index < -0.39 is 11.8 Å². The van der Waals surface area contributed by atoms with Crippen molar-refractivity contribution in [2.75, 3.05) is 7.11 Å². The van der Waals surface area contributed by atoms with Gasteiger partial charge in [-0.25, -0.2) is 4.39 Å². The molecule has 0 saturated heterocycles. The minimum atomic E-state index is -0.739. The number of rotatable bonds is 3. The van der Waals surface area contributed by atoms with Gasteiger partial charge in [-0.15, -0.1) is 0 Å². The fourth-order valence-corrected chi connectivity index (χ4v) is 1.37. The maximum Gasteiger partial charge on any atom is 0.310 e. The molecule has 5 heteroatoms. The quantitative estimate of drug-likeness (QED) is 0.589. The van der Waals surface area contributed by atoms with Gasteiger partial charge in [0.15, 0.2) is 6.29 Å². The molecular formula is C10H8ClFO3. The van der Waals surface area contributed by atoms with Gasteiger partial charge in [-0.3, -0.25) is 9.59 Å². The first-order chi connectivity index (χ1) is 7.08. The van der Waals surface area contributed by atoms with Crippen molar-refractivity contribution >= 4 is 23.9 Å². The average molecular weight is 231 g/mol. The molecule has 0 spiro atoms. The number of benzene rings is 1. The van der Waals surface area contributed by atoms with Crippen LogP contribution in [0.3, 0.4) is 0 Å². The van der Waals surface area contributed by atoms with E-state index in [9.17, 15) is 14.0 Å². The molecule has 0 saturated carbocycles. The summed E-state index contributed by atoms with van der Waals surface area (Å²) in [5.74, 6) is -1.30. The summed E-state index contributed by atoms with van der Waals surface area (Å²) in [5.41, 5.74) is 0.0617. The lowest BCUT2D eigenvalue weighted by molar-refractivity contribution is -0.139. The van der Waals surface area contributed by atoms with Crippen molar-refractivity contribution < 1.29 is 18.7 Å². The Kier molecular flexibility index (Phi) is 3.80. The molecular weight excluding hydrogens is 223 g/mol. The largest absolute Gasteiger partial charge is 0.469 e. The molecule has 0 heterocycles. The summed E-state index contributed by atoms with van der Waals surface area (Å²) in [4.78, 5) is 21.6. The minimum Gasteiger partial charge on any atom is -0.469 e. The van der Waals surface area contributed by atoms with Gasteiger partial charge < -0.3 is 4.74 Å². The summed E-state index contributed by atoms with van der Waals surface area (Å²) < 4.78 is 17.6. The minimum absolute atomic E-state index is 0.136. The number of halogens is 2. The molecule has 0 bridgehead atoms. The average Bonchev–Trinajstić information content (AvgIpc) is 2.17. The molecule has 0 aliphatic carbocycles. The van der Waals surface area contributed by atoms with E-state index in [0.29, 0.717) is 6.29 Å². The Morgan fingerprint density at radius 1 is 1.60 bits per heavy atom. The van der Waals surface area contributed by atoms with Crippen LogP contribution < -0.4 is 0 Å². The predicted molar refractivity (Wildman–Crippen MR) is 52.5 cm³/mol. The number of carbonyl (C=O) groups is 2. The Morgan fingerprint density at radius 3 is 2.80 bits per heavy atom. The third-order valence-electron chi connectivity index (χ3n) is 1.86. The van der Waals surface area contributed by atoms with Gasteiger partial charge in [-0.05, 0) is 17.7 Å². The zero-order valence-corrected chi connectivity index (χ0v) is 8.68. The molecule has 80 valence electrons. The number of aldehydes is 1. The van der Waals surface area contributed by atoms with E-state index in [1.165, 1.54) is 13.2 Å². The number of hydrogen-bond donors (Lipinski definition) is 0. The lowest BCUT2D eigenvalue weighted by Crippen LogP contribution is -2.08. The Hall–Kier alpha value is -1.42. The molecule has 1 aromatic rings. The summed E-state index contributed by atoms with van der Waals surface area (Å²) in [5, 5.41) is 0.136. The van der Waals surface area contributed by atoms with E-state index in [1.54, 1.807) is 0 Å². The first-order valence-corrected chi connectivity index (χ1v) is 4.46. The highest BCUT2D eigenvalue weighted by atomic mass is 35.5. The van der Waals surface area contributed by atoms with E-state index in [2.05, 4.69) is 4.74 Å². The van der Waals surface area contributed by atoms with Gasteiger partial charge in [0.2, 0.25) is 0 Å². The molecule has 3 nitrogen and oxygen atoms in total. The summed E-state index contributed by atoms with van der Waals surface area (Å²) >= 11 is 5.60. The normalized spacial score (nSPS) is 9.80. The van der Waals surface area contributed by atoms with Crippen LogP contribution in [-0.4, -0.2) is 19.4 Å². The van der Waals surface area contributed by atoms with Gasteiger partial charge in [0.05, 0.1) is 19.1 Å². The first kappa shape index (κ1) is 11.7. The van der Waals surface area contributed by atoms with Gasteiger partial charge in [-0.1, -0.05) is 11.6 Å². The summed E-state index contributed by atoms with van der Waals surface area (Å²) in [6, 6.07) is 2.39. The van der Waals surface area contributed by atoms with Gasteiger partial charge in [-0.2, -0.15) is 0 Å². The molecule has 0 N–H and O–H groups in total. The second-order valence-electron chi connectivity index (χ2n) is 2.83. The highest BCUT2D eigenvalue weighted by Gasteiger charge is 2.13. The molecule has 0 aliphatic rings. The van der Waals surface area contributed by atoms with Crippen molar-refractivity contribution in [3.8, 4) is 0 Å². The Labute approximate surface area is 90.8 Å². The van der Waals surface area contributed by atoms with Crippen LogP contribution in [0.5, 0.6) is 0 Å². The standard InChI is InChI=1S/C10H8ClFO3/c1-15-10(14)3-6-2-7(11)4-9(12)8(6)5-13/h2,4-5H,3H2,1H3.